The first-order valence-electron chi connectivity index (χ1n) is 28.1. The first kappa shape index (κ1) is 72.9. The topological polar surface area (TPSA) is 298 Å². The van der Waals surface area contributed by atoms with Crippen molar-refractivity contribution in [3.63, 3.8) is 0 Å². The summed E-state index contributed by atoms with van der Waals surface area (Å²) in [5.74, 6) is -8.26. The van der Waals surface area contributed by atoms with Crippen LogP contribution in [-0.2, 0) is 92.1 Å². The van der Waals surface area contributed by atoms with Gasteiger partial charge in [0.2, 0.25) is 22.7 Å². The van der Waals surface area contributed by atoms with Crippen molar-refractivity contribution in [3.05, 3.63) is 128 Å². The zero-order valence-corrected chi connectivity index (χ0v) is 54.9. The zero-order chi connectivity index (χ0) is 70.0. The van der Waals surface area contributed by atoms with Crippen molar-refractivity contribution in [1.29, 1.82) is 0 Å². The van der Waals surface area contributed by atoms with Crippen LogP contribution in [-0.4, -0.2) is 110 Å². The number of aromatic nitrogens is 5. The van der Waals surface area contributed by atoms with Crippen LogP contribution in [0.2, 0.25) is 5.02 Å². The highest BCUT2D eigenvalue weighted by atomic mass is 35.5. The largest absolute Gasteiger partial charge is 0.524 e. The van der Waals surface area contributed by atoms with Crippen LogP contribution >= 0.6 is 27.0 Å². The number of alkyl halides is 8. The lowest BCUT2D eigenvalue weighted by Gasteiger charge is -2.30. The maximum absolute atomic E-state index is 15.8. The molecular formula is C57H59ClF10N8O14P2S2. The monoisotopic (exact) mass is 1430 g/mol. The third kappa shape index (κ3) is 16.1. The highest BCUT2D eigenvalue weighted by Crippen LogP contribution is 2.68. The van der Waals surface area contributed by atoms with Crippen LogP contribution in [0.4, 0.5) is 43.9 Å². The van der Waals surface area contributed by atoms with E-state index >= 15 is 17.6 Å². The molecule has 3 heterocycles. The van der Waals surface area contributed by atoms with Gasteiger partial charge in [0.15, 0.2) is 15.5 Å². The number of carbonyl (C=O) groups excluding carboxylic acids is 3. The van der Waals surface area contributed by atoms with Crippen molar-refractivity contribution in [2.24, 2.45) is 5.92 Å². The second-order valence-corrected chi connectivity index (χ2v) is 30.4. The number of hydrogen-bond donors (Lipinski definition) is 5. The lowest BCUT2D eigenvalue weighted by Crippen LogP contribution is -2.35. The first-order valence-corrected chi connectivity index (χ1v) is 34.7. The van der Waals surface area contributed by atoms with Crippen molar-refractivity contribution in [2.75, 3.05) is 25.8 Å². The van der Waals surface area contributed by atoms with Crippen LogP contribution in [0, 0.1) is 36.3 Å². The Labute approximate surface area is 536 Å². The summed E-state index contributed by atoms with van der Waals surface area (Å²) in [5, 5.41) is 11.4. The van der Waals surface area contributed by atoms with Gasteiger partial charge in [0.25, 0.3) is 11.8 Å². The number of benzene rings is 3. The molecule has 3 aromatic heterocycles. The summed E-state index contributed by atoms with van der Waals surface area (Å²) >= 11 is 6.80. The van der Waals surface area contributed by atoms with Gasteiger partial charge in [-0.05, 0) is 113 Å². The summed E-state index contributed by atoms with van der Waals surface area (Å²) in [5.41, 5.74) is -8.90. The van der Waals surface area contributed by atoms with Crippen molar-refractivity contribution >= 4 is 76.4 Å². The summed E-state index contributed by atoms with van der Waals surface area (Å²) in [6.07, 6.45) is -12.2. The molecule has 22 nitrogen and oxygen atoms in total. The Morgan fingerprint density at radius 1 is 0.926 bits per heavy atom. The second-order valence-electron chi connectivity index (χ2n) is 23.2. The van der Waals surface area contributed by atoms with Crippen molar-refractivity contribution in [2.45, 2.75) is 128 Å². The predicted octanol–water partition coefficient (Wildman–Crippen LogP) is 10.2. The van der Waals surface area contributed by atoms with E-state index in [9.17, 15) is 76.5 Å². The number of phosphoric ester groups is 1. The van der Waals surface area contributed by atoms with Gasteiger partial charge in [-0.2, -0.15) is 45.3 Å². The van der Waals surface area contributed by atoms with E-state index in [1.807, 2.05) is 0 Å². The molecular weight excluding hydrogens is 1370 g/mol. The van der Waals surface area contributed by atoms with E-state index in [2.05, 4.69) is 37.7 Å². The molecule has 3 amide bonds. The maximum atomic E-state index is 15.8. The fraction of sp³-hybridized carbons (Fsp3) is 0.439. The van der Waals surface area contributed by atoms with Crippen LogP contribution < -0.4 is 15.2 Å². The molecule has 1 saturated carbocycles. The first-order chi connectivity index (χ1) is 43.3. The molecule has 0 aliphatic heterocycles. The molecule has 0 spiro atoms. The standard InChI is InChI=1S/C57H59ClF10N8O14P2S2/c1-9-88-91(80,89-10-2)28-69-52(79)31-17-29(3)47(42(21-31)90-92(81,82)83)53(4,5)24-44(78)76(93(84)85)25-41-46-39(58)14-13-36(49(46)75(72-41)27-55(61,62)63)35-12-11-34(15-16-54(6,7)94(8,86)87)70-48(35)40(20-30-18-32(59)22-33(60)19-30)71-43(77)26-74-51-45(50(73-74)57(66,67)68)37-23-38(37)56(51,64)65/h11-14,17-19,21-22,37-38,40,93H,9-10,20,23-28H2,1-8H3,(H,69,79)(H,71,77)(H2,81,82,83)/t37-,38+,40-/m0/s1. The van der Waals surface area contributed by atoms with Crippen molar-refractivity contribution in [1.82, 2.24) is 39.5 Å². The number of nitrogens with one attached hydrogen (secondary N) is 2. The third-order valence-electron chi connectivity index (χ3n) is 15.3. The number of aryl methyl sites for hydroxylation is 1. The van der Waals surface area contributed by atoms with Crippen LogP contribution in [0.5, 0.6) is 5.75 Å². The highest BCUT2D eigenvalue weighted by Gasteiger charge is 2.68. The van der Waals surface area contributed by atoms with Crippen LogP contribution in [0.25, 0.3) is 22.0 Å². The zero-order valence-electron chi connectivity index (χ0n) is 50.7. The molecule has 37 heteroatoms. The van der Waals surface area contributed by atoms with Gasteiger partial charge in [-0.1, -0.05) is 37.4 Å². The van der Waals surface area contributed by atoms with Gasteiger partial charge in [0.1, 0.15) is 52.9 Å². The Bertz CT molecular complexity index is 4370. The minimum atomic E-state index is -5.52. The molecule has 2 aliphatic carbocycles. The molecule has 94 heavy (non-hydrogen) atoms. The third-order valence-corrected chi connectivity index (χ3v) is 20.6. The molecule has 0 unspecified atom stereocenters. The predicted molar refractivity (Wildman–Crippen MR) is 318 cm³/mol. The van der Waals surface area contributed by atoms with Gasteiger partial charge in [-0.25, -0.2) is 39.5 Å². The molecule has 2 aliphatic rings. The van der Waals surface area contributed by atoms with Crippen LogP contribution in [0.3, 0.4) is 0 Å². The molecule has 3 atom stereocenters. The number of thiol groups is 1. The van der Waals surface area contributed by atoms with E-state index in [1.54, 1.807) is 0 Å². The van der Waals surface area contributed by atoms with E-state index in [0.29, 0.717) is 10.7 Å². The maximum Gasteiger partial charge on any atom is 0.524 e. The fourth-order valence-corrected chi connectivity index (χ4v) is 13.9. The molecule has 0 saturated heterocycles. The fourth-order valence-electron chi connectivity index (χ4n) is 11.1. The molecule has 0 bridgehead atoms. The Kier molecular flexibility index (Phi) is 20.6. The van der Waals surface area contributed by atoms with E-state index in [1.165, 1.54) is 54.5 Å². The van der Waals surface area contributed by atoms with Gasteiger partial charge in [0.05, 0.1) is 47.7 Å². The van der Waals surface area contributed by atoms with Crippen LogP contribution in [0.15, 0.2) is 54.6 Å². The number of fused-ring (bicyclic) bond motifs is 4. The summed E-state index contributed by atoms with van der Waals surface area (Å²) in [6, 6.07) is 6.73. The van der Waals surface area contributed by atoms with E-state index in [0.717, 1.165) is 48.7 Å². The van der Waals surface area contributed by atoms with Crippen LogP contribution in [0.1, 0.15) is 127 Å². The lowest BCUT2D eigenvalue weighted by atomic mass is 9.78. The summed E-state index contributed by atoms with van der Waals surface area (Å²) in [6.45, 7) is 4.77. The Morgan fingerprint density at radius 2 is 1.55 bits per heavy atom. The van der Waals surface area contributed by atoms with Gasteiger partial charge in [-0.3, -0.25) is 38.1 Å². The number of carbonyl (C=O) groups is 3. The van der Waals surface area contributed by atoms with Gasteiger partial charge in [-0.15, -0.1) is 0 Å². The van der Waals surface area contributed by atoms with E-state index < -0.39 is 201 Å². The SMILES string of the molecule is CCOP(=O)(CNC(=O)c1cc(C)c(C(C)(C)CC(=O)N(Cc2nn(CC(F)(F)F)c3c(-c4ccc(C#CC(C)(C)S(C)(=O)=O)nc4[C@H](Cc4cc(F)cc(F)c4)NC(=O)Cn4nc(C(F)(F)F)c5c4C(F)(F)[C@@H]4C[C@H]54)ccc(Cl)c23)[SH](=O)=O)c(OP(=O)(O)O)c1)OCC. The quantitative estimate of drug-likeness (QED) is 0.0163. The van der Waals surface area contributed by atoms with Gasteiger partial charge in [0, 0.05) is 63.3 Å². The lowest BCUT2D eigenvalue weighted by molar-refractivity contribution is -0.143. The summed E-state index contributed by atoms with van der Waals surface area (Å²) in [7, 11) is -17.5. The molecule has 1 fully saturated rings. The molecule has 3 aromatic carbocycles. The molecule has 510 valence electrons. The summed E-state index contributed by atoms with van der Waals surface area (Å²) < 4.78 is 241. The van der Waals surface area contributed by atoms with Gasteiger partial charge < -0.3 is 24.2 Å². The minimum Gasteiger partial charge on any atom is -0.404 e. The Hall–Kier alpha value is -6.95. The number of sulfone groups is 1. The number of phosphoric acid groups is 1. The number of hydrogen-bond acceptors (Lipinski definition) is 15. The number of pyridine rings is 1. The number of rotatable bonds is 24. The smallest absolute Gasteiger partial charge is 0.404 e. The van der Waals surface area contributed by atoms with Gasteiger partial charge >= 0.3 is 27.8 Å². The van der Waals surface area contributed by atoms with E-state index in [4.69, 9.17) is 25.2 Å². The summed E-state index contributed by atoms with van der Waals surface area (Å²) in [4.78, 5) is 66.9. The average molecular weight is 1430 g/mol. The molecule has 4 N–H and O–H groups in total. The Morgan fingerprint density at radius 3 is 2.13 bits per heavy atom. The molecule has 0 radical (unpaired) electrons. The minimum absolute atomic E-state index is 0.0268. The van der Waals surface area contributed by atoms with Crippen molar-refractivity contribution in [3.8, 4) is 28.7 Å². The second kappa shape index (κ2) is 26.6. The molecule has 8 rings (SSSR count). The van der Waals surface area contributed by atoms with Crippen molar-refractivity contribution < 1.29 is 108 Å². The number of nitrogens with zero attached hydrogens (tertiary/aromatic N) is 6. The average Bonchev–Trinajstić information content (AvgIpc) is 1.52. The highest BCUT2D eigenvalue weighted by molar-refractivity contribution is 7.92. The number of halogens is 11. The molecule has 6 aromatic rings. The van der Waals surface area contributed by atoms with E-state index in [-0.39, 0.29) is 67.7 Å². The normalized spacial score (nSPS) is 16.1. The Balaban J connectivity index is 1.25. The number of amides is 3.